The molecule has 1 N–H and O–H groups in total. The van der Waals surface area contributed by atoms with E-state index in [-0.39, 0.29) is 39.5 Å². The molecular formula is C29H37N3O14. The van der Waals surface area contributed by atoms with Crippen LogP contribution in [-0.4, -0.2) is 159 Å². The molecule has 0 aliphatic carbocycles. The van der Waals surface area contributed by atoms with E-state index < -0.39 is 66.6 Å². The first kappa shape index (κ1) is 36.3. The fraction of sp³-hybridized carbons (Fsp3) is 0.552. The van der Waals surface area contributed by atoms with Gasteiger partial charge in [-0.2, -0.15) is 0 Å². The van der Waals surface area contributed by atoms with Crippen LogP contribution >= 0.6 is 0 Å². The van der Waals surface area contributed by atoms with Gasteiger partial charge < -0.3 is 33.5 Å². The number of nitrogens with zero attached hydrogens (tertiary/aromatic N) is 3. The minimum atomic E-state index is -1.72. The standard InChI is InChI=1S/C29H37N3O14/c33-22-1-2-23(34)30(22)19-29(20-31-24(35)3-4-25(31)36,21-32-26(37)5-6-27(32)38)46-18-17-45-16-15-44-14-13-43-12-11-42-10-9-41-8-7-28(39)40/h1-6H,7-21H2,(H,39,40). The molecule has 0 saturated heterocycles. The number of hydrogen-bond donors (Lipinski definition) is 1. The van der Waals surface area contributed by atoms with E-state index in [0.717, 1.165) is 51.2 Å². The highest BCUT2D eigenvalue weighted by molar-refractivity contribution is 6.14. The molecule has 0 atom stereocenters. The van der Waals surface area contributed by atoms with Crippen molar-refractivity contribution in [3.8, 4) is 0 Å². The van der Waals surface area contributed by atoms with Crippen LogP contribution in [0.15, 0.2) is 36.5 Å². The number of rotatable bonds is 25. The third-order valence-corrected chi connectivity index (χ3v) is 6.62. The first-order valence-corrected chi connectivity index (χ1v) is 14.5. The fourth-order valence-electron chi connectivity index (χ4n) is 4.37. The number of amides is 6. The summed E-state index contributed by atoms with van der Waals surface area (Å²) in [6, 6.07) is 0. The van der Waals surface area contributed by atoms with Crippen LogP contribution in [0.4, 0.5) is 0 Å². The Morgan fingerprint density at radius 3 is 1.02 bits per heavy atom. The molecule has 0 bridgehead atoms. The maximum Gasteiger partial charge on any atom is 0.305 e. The zero-order valence-corrected chi connectivity index (χ0v) is 25.2. The second-order valence-corrected chi connectivity index (χ2v) is 10.0. The molecule has 46 heavy (non-hydrogen) atoms. The summed E-state index contributed by atoms with van der Waals surface area (Å²) in [4.78, 5) is 87.4. The number of hydrogen-bond acceptors (Lipinski definition) is 13. The van der Waals surface area contributed by atoms with Gasteiger partial charge >= 0.3 is 5.97 Å². The highest BCUT2D eigenvalue weighted by atomic mass is 16.6. The van der Waals surface area contributed by atoms with Gasteiger partial charge in [0.25, 0.3) is 35.4 Å². The maximum absolute atomic E-state index is 12.4. The van der Waals surface area contributed by atoms with Gasteiger partial charge in [0, 0.05) is 36.5 Å². The summed E-state index contributed by atoms with van der Waals surface area (Å²) in [6.07, 6.45) is 6.29. The third-order valence-electron chi connectivity index (χ3n) is 6.62. The van der Waals surface area contributed by atoms with Gasteiger partial charge in [-0.1, -0.05) is 0 Å². The van der Waals surface area contributed by atoms with Gasteiger partial charge in [0.1, 0.15) is 5.60 Å². The lowest BCUT2D eigenvalue weighted by molar-refractivity contribution is -0.157. The first-order valence-electron chi connectivity index (χ1n) is 14.5. The Morgan fingerprint density at radius 2 is 0.739 bits per heavy atom. The predicted molar refractivity (Wildman–Crippen MR) is 153 cm³/mol. The van der Waals surface area contributed by atoms with E-state index in [1.54, 1.807) is 0 Å². The molecule has 0 fully saturated rings. The van der Waals surface area contributed by atoms with Crippen molar-refractivity contribution >= 4 is 41.4 Å². The first-order chi connectivity index (χ1) is 22.1. The molecule has 0 aromatic heterocycles. The molecule has 6 amide bonds. The van der Waals surface area contributed by atoms with Gasteiger partial charge in [-0.25, -0.2) is 0 Å². The fourth-order valence-corrected chi connectivity index (χ4v) is 4.37. The minimum Gasteiger partial charge on any atom is -0.481 e. The zero-order chi connectivity index (χ0) is 33.4. The van der Waals surface area contributed by atoms with Crippen molar-refractivity contribution in [3.05, 3.63) is 36.5 Å². The third kappa shape index (κ3) is 11.7. The molecule has 0 saturated carbocycles. The van der Waals surface area contributed by atoms with Crippen LogP contribution in [0, 0.1) is 0 Å². The van der Waals surface area contributed by atoms with Gasteiger partial charge in [-0.3, -0.25) is 48.3 Å². The molecular weight excluding hydrogens is 614 g/mol. The second-order valence-electron chi connectivity index (χ2n) is 10.0. The van der Waals surface area contributed by atoms with Gasteiger partial charge in [0.15, 0.2) is 0 Å². The summed E-state index contributed by atoms with van der Waals surface area (Å²) < 4.78 is 32.9. The Morgan fingerprint density at radius 1 is 0.478 bits per heavy atom. The lowest BCUT2D eigenvalue weighted by Crippen LogP contribution is -2.61. The van der Waals surface area contributed by atoms with Crippen molar-refractivity contribution in [2.24, 2.45) is 0 Å². The quantitative estimate of drug-likeness (QED) is 0.0844. The summed E-state index contributed by atoms with van der Waals surface area (Å²) in [5.74, 6) is -4.86. The highest BCUT2D eigenvalue weighted by Crippen LogP contribution is 2.24. The number of carboxylic acids is 1. The van der Waals surface area contributed by atoms with Crippen molar-refractivity contribution in [1.29, 1.82) is 0 Å². The van der Waals surface area contributed by atoms with E-state index in [1.807, 2.05) is 0 Å². The van der Waals surface area contributed by atoms with Crippen molar-refractivity contribution in [2.75, 3.05) is 92.3 Å². The van der Waals surface area contributed by atoms with Crippen LogP contribution in [0.1, 0.15) is 6.42 Å². The largest absolute Gasteiger partial charge is 0.481 e. The van der Waals surface area contributed by atoms with Crippen molar-refractivity contribution in [1.82, 2.24) is 14.7 Å². The summed E-state index contributed by atoms with van der Waals surface area (Å²) in [7, 11) is 0. The minimum absolute atomic E-state index is 0.000596. The van der Waals surface area contributed by atoms with Crippen molar-refractivity contribution < 1.29 is 67.1 Å². The predicted octanol–water partition coefficient (Wildman–Crippen LogP) is -1.93. The average molecular weight is 652 g/mol. The number of carboxylic acid groups (broad SMARTS) is 1. The number of carbonyl (C=O) groups excluding carboxylic acids is 6. The molecule has 3 rings (SSSR count). The van der Waals surface area contributed by atoms with Crippen molar-refractivity contribution in [3.63, 3.8) is 0 Å². The van der Waals surface area contributed by atoms with Gasteiger partial charge in [0.2, 0.25) is 0 Å². The molecule has 17 heteroatoms. The molecule has 3 aliphatic heterocycles. The van der Waals surface area contributed by atoms with Crippen LogP contribution in [-0.2, 0) is 62.0 Å². The summed E-state index contributed by atoms with van der Waals surface area (Å²) in [5.41, 5.74) is -1.72. The normalized spacial score (nSPS) is 16.4. The Kier molecular flexibility index (Phi) is 14.8. The summed E-state index contributed by atoms with van der Waals surface area (Å²) >= 11 is 0. The molecule has 0 aromatic rings. The Labute approximate surface area is 264 Å². The van der Waals surface area contributed by atoms with Gasteiger partial charge in [0.05, 0.1) is 98.7 Å². The van der Waals surface area contributed by atoms with Gasteiger partial charge in [-0.15, -0.1) is 0 Å². The molecule has 0 spiro atoms. The van der Waals surface area contributed by atoms with E-state index in [0.29, 0.717) is 39.6 Å². The average Bonchev–Trinajstić information content (AvgIpc) is 3.63. The molecule has 0 unspecified atom stereocenters. The van der Waals surface area contributed by atoms with Crippen LogP contribution in [0.2, 0.25) is 0 Å². The molecule has 17 nitrogen and oxygen atoms in total. The maximum atomic E-state index is 12.4. The van der Waals surface area contributed by atoms with E-state index in [1.165, 1.54) is 0 Å². The number of carbonyl (C=O) groups is 7. The lowest BCUT2D eigenvalue weighted by Gasteiger charge is -2.40. The highest BCUT2D eigenvalue weighted by Gasteiger charge is 2.45. The topological polar surface area (TPSA) is 205 Å². The van der Waals surface area contributed by atoms with Gasteiger partial charge in [-0.05, 0) is 0 Å². The molecule has 3 heterocycles. The van der Waals surface area contributed by atoms with Crippen LogP contribution < -0.4 is 0 Å². The van der Waals surface area contributed by atoms with Crippen LogP contribution in [0.3, 0.4) is 0 Å². The molecule has 252 valence electrons. The smallest absolute Gasteiger partial charge is 0.305 e. The molecule has 0 aromatic carbocycles. The zero-order valence-electron chi connectivity index (χ0n) is 25.2. The molecule has 3 aliphatic rings. The summed E-state index contributed by atoms with van der Waals surface area (Å²) in [5, 5.41) is 8.52. The van der Waals surface area contributed by atoms with E-state index in [2.05, 4.69) is 0 Å². The van der Waals surface area contributed by atoms with Crippen LogP contribution in [0.25, 0.3) is 0 Å². The monoisotopic (exact) mass is 651 g/mol. The number of imide groups is 3. The lowest BCUT2D eigenvalue weighted by atomic mass is 10.0. The van der Waals surface area contributed by atoms with E-state index >= 15 is 0 Å². The number of aliphatic carboxylic acids is 1. The SMILES string of the molecule is O=C(O)CCOCCOCCOCCOCCOCCOC(CN1C(=O)C=CC1=O)(CN1C(=O)C=CC1=O)CN1C(=O)C=CC1=O. The second kappa shape index (κ2) is 18.7. The van der Waals surface area contributed by atoms with Crippen molar-refractivity contribution in [2.45, 2.75) is 12.0 Å². The number of ether oxygens (including phenoxy) is 6. The summed E-state index contributed by atoms with van der Waals surface area (Å²) in [6.45, 7) is 0.931. The van der Waals surface area contributed by atoms with E-state index in [9.17, 15) is 33.6 Å². The van der Waals surface area contributed by atoms with Crippen LogP contribution in [0.5, 0.6) is 0 Å². The Hall–Kier alpha value is -4.13. The van der Waals surface area contributed by atoms with E-state index in [4.69, 9.17) is 33.5 Å². The Balaban J connectivity index is 1.41. The molecule has 0 radical (unpaired) electrons. The Bertz CT molecular complexity index is 1070.